The molecule has 0 saturated heterocycles. The summed E-state index contributed by atoms with van der Waals surface area (Å²) in [5.74, 6) is 0. The van der Waals surface area contributed by atoms with E-state index in [0.29, 0.717) is 12.8 Å². The first kappa shape index (κ1) is 6.96. The predicted molar refractivity (Wildman–Crippen MR) is 28.9 cm³/mol. The van der Waals surface area contributed by atoms with Gasteiger partial charge in [-0.2, -0.15) is 5.26 Å². The van der Waals surface area contributed by atoms with E-state index in [1.54, 1.807) is 0 Å². The predicted octanol–water partition coefficient (Wildman–Crippen LogP) is 0.0346. The molecule has 0 heterocycles. The molecule has 0 aliphatic rings. The molecule has 8 heavy (non-hydrogen) atoms. The average molecular weight is 112 g/mol. The largest absolute Gasteiger partial charge is 0.343 e. The molecule has 0 radical (unpaired) electrons. The molecule has 0 saturated carbocycles. The second kappa shape index (κ2) is 4.13. The minimum Gasteiger partial charge on any atom is -0.343 e. The van der Waals surface area contributed by atoms with Crippen LogP contribution in [-0.4, -0.2) is 12.5 Å². The molecule has 1 amide bonds. The summed E-state index contributed by atoms with van der Waals surface area (Å²) < 4.78 is 0. The molecule has 0 aromatic heterocycles. The van der Waals surface area contributed by atoms with Crippen molar-refractivity contribution >= 4 is 6.41 Å². The van der Waals surface area contributed by atoms with Crippen molar-refractivity contribution < 1.29 is 4.79 Å². The average Bonchev–Trinajstić information content (AvgIpc) is 1.83. The van der Waals surface area contributed by atoms with Gasteiger partial charge in [-0.15, -0.1) is 0 Å². The number of hydrogen-bond donors (Lipinski definition) is 1. The number of nitrogens with zero attached hydrogens (tertiary/aromatic N) is 1. The van der Waals surface area contributed by atoms with Gasteiger partial charge < -0.3 is 5.32 Å². The van der Waals surface area contributed by atoms with Crippen molar-refractivity contribution in [1.29, 1.82) is 5.26 Å². The van der Waals surface area contributed by atoms with Crippen LogP contribution in [0.25, 0.3) is 0 Å². The molecule has 0 aromatic rings. The molecular formula is C5H8N2O. The van der Waals surface area contributed by atoms with Gasteiger partial charge in [0.25, 0.3) is 0 Å². The smallest absolute Gasteiger partial charge is 0.208 e. The van der Waals surface area contributed by atoms with Gasteiger partial charge in [0.2, 0.25) is 6.41 Å². The number of rotatable bonds is 3. The van der Waals surface area contributed by atoms with Gasteiger partial charge in [-0.25, -0.2) is 0 Å². The lowest BCUT2D eigenvalue weighted by Gasteiger charge is -1.99. The van der Waals surface area contributed by atoms with Crippen LogP contribution in [0, 0.1) is 11.3 Å². The molecule has 1 atom stereocenters. The molecular weight excluding hydrogens is 104 g/mol. The van der Waals surface area contributed by atoms with Gasteiger partial charge >= 0.3 is 0 Å². The van der Waals surface area contributed by atoms with Gasteiger partial charge in [0.05, 0.1) is 6.07 Å². The third kappa shape index (κ3) is 2.19. The Morgan fingerprint density at radius 1 is 2.00 bits per heavy atom. The zero-order valence-corrected chi connectivity index (χ0v) is 4.72. The van der Waals surface area contributed by atoms with E-state index in [-0.39, 0.29) is 6.04 Å². The van der Waals surface area contributed by atoms with Crippen LogP contribution in [0.4, 0.5) is 0 Å². The summed E-state index contributed by atoms with van der Waals surface area (Å²) in [6.07, 6.45) is 1.20. The monoisotopic (exact) mass is 112 g/mol. The zero-order chi connectivity index (χ0) is 6.41. The van der Waals surface area contributed by atoms with Gasteiger partial charge in [-0.1, -0.05) is 6.92 Å². The number of carbonyl (C=O) groups excluding carboxylic acids is 1. The highest BCUT2D eigenvalue weighted by Crippen LogP contribution is 1.83. The normalized spacial score (nSPS) is 11.5. The van der Waals surface area contributed by atoms with E-state index in [4.69, 9.17) is 5.26 Å². The van der Waals surface area contributed by atoms with Crippen molar-refractivity contribution in [3.63, 3.8) is 0 Å². The summed E-state index contributed by atoms with van der Waals surface area (Å²) in [4.78, 5) is 9.67. The van der Waals surface area contributed by atoms with Crippen LogP contribution in [0.15, 0.2) is 0 Å². The Morgan fingerprint density at radius 3 is 2.75 bits per heavy atom. The van der Waals surface area contributed by atoms with Gasteiger partial charge in [0.15, 0.2) is 0 Å². The molecule has 0 rings (SSSR count). The van der Waals surface area contributed by atoms with Crippen molar-refractivity contribution in [1.82, 2.24) is 5.32 Å². The number of nitrogens with one attached hydrogen (secondary N) is 1. The standard InChI is InChI=1S/C5H8N2O/c1-2-5(3-6)7-4-8/h4-5H,2H2,1H3,(H,7,8). The van der Waals surface area contributed by atoms with Crippen molar-refractivity contribution in [3.05, 3.63) is 0 Å². The first-order valence-electron chi connectivity index (χ1n) is 2.44. The topological polar surface area (TPSA) is 52.9 Å². The lowest BCUT2D eigenvalue weighted by atomic mass is 10.3. The summed E-state index contributed by atoms with van der Waals surface area (Å²) >= 11 is 0. The van der Waals surface area contributed by atoms with E-state index in [2.05, 4.69) is 5.32 Å². The van der Waals surface area contributed by atoms with Gasteiger partial charge in [0, 0.05) is 0 Å². The second-order valence-corrected chi connectivity index (χ2v) is 1.37. The lowest BCUT2D eigenvalue weighted by molar-refractivity contribution is -0.109. The molecule has 3 heteroatoms. The number of hydrogen-bond acceptors (Lipinski definition) is 2. The number of nitriles is 1. The summed E-state index contributed by atoms with van der Waals surface area (Å²) in [6, 6.07) is 1.60. The van der Waals surface area contributed by atoms with E-state index in [1.807, 2.05) is 13.0 Å². The lowest BCUT2D eigenvalue weighted by Crippen LogP contribution is -2.24. The fourth-order valence-electron chi connectivity index (χ4n) is 0.329. The van der Waals surface area contributed by atoms with E-state index in [0.717, 1.165) is 0 Å². The van der Waals surface area contributed by atoms with E-state index >= 15 is 0 Å². The zero-order valence-electron chi connectivity index (χ0n) is 4.72. The molecule has 0 aromatic carbocycles. The summed E-state index contributed by atoms with van der Waals surface area (Å²) in [5, 5.41) is 10.5. The third-order valence-corrected chi connectivity index (χ3v) is 0.833. The van der Waals surface area contributed by atoms with Crippen molar-refractivity contribution in [2.75, 3.05) is 0 Å². The fraction of sp³-hybridized carbons (Fsp3) is 0.600. The molecule has 0 bridgehead atoms. The number of amides is 1. The quantitative estimate of drug-likeness (QED) is 0.524. The molecule has 1 unspecified atom stereocenters. The highest BCUT2D eigenvalue weighted by molar-refractivity contribution is 5.47. The minimum atomic E-state index is -0.313. The van der Waals surface area contributed by atoms with Crippen LogP contribution in [-0.2, 0) is 4.79 Å². The molecule has 0 fully saturated rings. The number of carbonyl (C=O) groups is 1. The van der Waals surface area contributed by atoms with Crippen LogP contribution in [0.5, 0.6) is 0 Å². The van der Waals surface area contributed by atoms with Crippen LogP contribution in [0.1, 0.15) is 13.3 Å². The third-order valence-electron chi connectivity index (χ3n) is 0.833. The van der Waals surface area contributed by atoms with E-state index in [1.165, 1.54) is 0 Å². The summed E-state index contributed by atoms with van der Waals surface area (Å²) in [6.45, 7) is 1.84. The summed E-state index contributed by atoms with van der Waals surface area (Å²) in [7, 11) is 0. The maximum absolute atomic E-state index is 9.67. The Hall–Kier alpha value is -1.04. The second-order valence-electron chi connectivity index (χ2n) is 1.37. The highest BCUT2D eigenvalue weighted by atomic mass is 16.1. The molecule has 0 spiro atoms. The van der Waals surface area contributed by atoms with Crippen LogP contribution in [0.2, 0.25) is 0 Å². The summed E-state index contributed by atoms with van der Waals surface area (Å²) in [5.41, 5.74) is 0. The minimum absolute atomic E-state index is 0.313. The van der Waals surface area contributed by atoms with Crippen molar-refractivity contribution in [3.8, 4) is 6.07 Å². The van der Waals surface area contributed by atoms with Crippen molar-refractivity contribution in [2.24, 2.45) is 0 Å². The van der Waals surface area contributed by atoms with E-state index < -0.39 is 0 Å². The maximum atomic E-state index is 9.67. The van der Waals surface area contributed by atoms with Crippen molar-refractivity contribution in [2.45, 2.75) is 19.4 Å². The van der Waals surface area contributed by atoms with E-state index in [9.17, 15) is 4.79 Å². The SMILES string of the molecule is CCC(C#N)NC=O. The molecule has 0 aliphatic heterocycles. The molecule has 3 nitrogen and oxygen atoms in total. The van der Waals surface area contributed by atoms with Crippen LogP contribution in [0.3, 0.4) is 0 Å². The molecule has 44 valence electrons. The Bertz CT molecular complexity index is 105. The fourth-order valence-corrected chi connectivity index (χ4v) is 0.329. The van der Waals surface area contributed by atoms with Gasteiger partial charge in [-0.3, -0.25) is 4.79 Å². The Kier molecular flexibility index (Phi) is 3.59. The highest BCUT2D eigenvalue weighted by Gasteiger charge is 1.97. The molecule has 1 N–H and O–H groups in total. The van der Waals surface area contributed by atoms with Crippen LogP contribution < -0.4 is 5.32 Å². The first-order valence-corrected chi connectivity index (χ1v) is 2.44. The van der Waals surface area contributed by atoms with Gasteiger partial charge in [-0.05, 0) is 6.42 Å². The Labute approximate surface area is 48.3 Å². The van der Waals surface area contributed by atoms with Gasteiger partial charge in [0.1, 0.15) is 6.04 Å². The maximum Gasteiger partial charge on any atom is 0.208 e. The Balaban J connectivity index is 3.40. The first-order chi connectivity index (χ1) is 3.85. The molecule has 0 aliphatic carbocycles. The Morgan fingerprint density at radius 2 is 2.62 bits per heavy atom. The van der Waals surface area contributed by atoms with Crippen LogP contribution >= 0.6 is 0 Å².